The van der Waals surface area contributed by atoms with Crippen molar-refractivity contribution >= 4 is 23.4 Å². The number of anilines is 1. The molecule has 0 spiro atoms. The number of rotatable bonds is 8. The van der Waals surface area contributed by atoms with Gasteiger partial charge in [0.15, 0.2) is 17.6 Å². The highest BCUT2D eigenvalue weighted by molar-refractivity contribution is 7.99. The van der Waals surface area contributed by atoms with Crippen LogP contribution in [0.25, 0.3) is 11.4 Å². The molecule has 0 saturated carbocycles. The molecule has 0 aliphatic carbocycles. The molecule has 0 aliphatic rings. The number of carbonyl (C=O) groups excluding carboxylic acids is 1. The molecule has 170 valence electrons. The fourth-order valence-corrected chi connectivity index (χ4v) is 3.83. The number of halogens is 3. The minimum absolute atomic E-state index is 0.0124. The van der Waals surface area contributed by atoms with E-state index in [-0.39, 0.29) is 23.1 Å². The van der Waals surface area contributed by atoms with Crippen LogP contribution in [-0.4, -0.2) is 39.2 Å². The van der Waals surface area contributed by atoms with Gasteiger partial charge in [-0.25, -0.2) is 0 Å². The van der Waals surface area contributed by atoms with Gasteiger partial charge in [-0.1, -0.05) is 42.1 Å². The summed E-state index contributed by atoms with van der Waals surface area (Å²) in [5, 5.41) is 11.7. The highest BCUT2D eigenvalue weighted by atomic mass is 32.2. The van der Waals surface area contributed by atoms with E-state index in [4.69, 9.17) is 4.74 Å². The molecule has 1 heterocycles. The number of hydrogen-bond donors (Lipinski definition) is 1. The molecule has 0 bridgehead atoms. The van der Waals surface area contributed by atoms with Crippen molar-refractivity contribution in [2.75, 3.05) is 17.7 Å². The summed E-state index contributed by atoms with van der Waals surface area (Å²) in [6.07, 6.45) is -4.47. The van der Waals surface area contributed by atoms with Crippen LogP contribution in [0.4, 0.5) is 18.9 Å². The smallest absolute Gasteiger partial charge is 0.422 e. The number of alkyl halides is 3. The van der Waals surface area contributed by atoms with Gasteiger partial charge in [-0.2, -0.15) is 13.2 Å². The highest BCUT2D eigenvalue weighted by Crippen LogP contribution is 2.29. The molecule has 0 unspecified atom stereocenters. The first-order valence-electron chi connectivity index (χ1n) is 9.90. The monoisotopic (exact) mass is 464 g/mol. The van der Waals surface area contributed by atoms with Gasteiger partial charge in [0.05, 0.1) is 11.4 Å². The van der Waals surface area contributed by atoms with Gasteiger partial charge in [0.2, 0.25) is 5.91 Å². The average molecular weight is 465 g/mol. The Labute approximate surface area is 188 Å². The standard InChI is InChI=1S/C22H23F3N4O2S/c1-4-29-20(16-8-6-5-7-15(16)3)27-28-21(29)32-12-19(30)26-17-10-9-14(2)11-18(17)31-13-22(23,24)25/h5-11H,4,12-13H2,1-3H3,(H,26,30). The summed E-state index contributed by atoms with van der Waals surface area (Å²) in [6.45, 7) is 4.87. The van der Waals surface area contributed by atoms with E-state index in [0.717, 1.165) is 17.0 Å². The van der Waals surface area contributed by atoms with Crippen molar-refractivity contribution in [1.29, 1.82) is 0 Å². The summed E-state index contributed by atoms with van der Waals surface area (Å²) < 4.78 is 44.4. The van der Waals surface area contributed by atoms with Crippen molar-refractivity contribution < 1.29 is 22.7 Å². The Morgan fingerprint density at radius 2 is 1.91 bits per heavy atom. The average Bonchev–Trinajstić information content (AvgIpc) is 3.15. The lowest BCUT2D eigenvalue weighted by Gasteiger charge is -2.14. The van der Waals surface area contributed by atoms with Crippen LogP contribution in [0.3, 0.4) is 0 Å². The lowest BCUT2D eigenvalue weighted by Crippen LogP contribution is -2.21. The van der Waals surface area contributed by atoms with Crippen LogP contribution in [0.5, 0.6) is 5.75 Å². The van der Waals surface area contributed by atoms with Crippen molar-refractivity contribution in [2.45, 2.75) is 38.6 Å². The van der Waals surface area contributed by atoms with Crippen LogP contribution in [0.2, 0.25) is 0 Å². The predicted molar refractivity (Wildman–Crippen MR) is 118 cm³/mol. The minimum Gasteiger partial charge on any atom is -0.482 e. The fourth-order valence-electron chi connectivity index (χ4n) is 3.03. The molecular formula is C22H23F3N4O2S. The number of hydrogen-bond acceptors (Lipinski definition) is 5. The van der Waals surface area contributed by atoms with Crippen LogP contribution >= 0.6 is 11.8 Å². The van der Waals surface area contributed by atoms with Crippen molar-refractivity contribution in [3.63, 3.8) is 0 Å². The second kappa shape index (κ2) is 10.1. The van der Waals surface area contributed by atoms with E-state index >= 15 is 0 Å². The maximum absolute atomic E-state index is 12.5. The molecule has 32 heavy (non-hydrogen) atoms. The van der Waals surface area contributed by atoms with Crippen LogP contribution in [-0.2, 0) is 11.3 Å². The Morgan fingerprint density at radius 3 is 2.59 bits per heavy atom. The molecule has 1 N–H and O–H groups in total. The summed E-state index contributed by atoms with van der Waals surface area (Å²) in [6, 6.07) is 12.5. The molecule has 6 nitrogen and oxygen atoms in total. The molecule has 0 atom stereocenters. The van der Waals surface area contributed by atoms with E-state index in [0.29, 0.717) is 17.3 Å². The quantitative estimate of drug-likeness (QED) is 0.461. The van der Waals surface area contributed by atoms with Crippen molar-refractivity contribution in [2.24, 2.45) is 0 Å². The number of carbonyl (C=O) groups is 1. The predicted octanol–water partition coefficient (Wildman–Crippen LogP) is 5.25. The molecule has 3 rings (SSSR count). The Balaban J connectivity index is 1.69. The molecule has 0 aliphatic heterocycles. The zero-order valence-electron chi connectivity index (χ0n) is 17.9. The van der Waals surface area contributed by atoms with Crippen LogP contribution in [0.1, 0.15) is 18.1 Å². The van der Waals surface area contributed by atoms with Gasteiger partial charge in [-0.15, -0.1) is 10.2 Å². The number of ether oxygens (including phenoxy) is 1. The Kier molecular flexibility index (Phi) is 7.44. The van der Waals surface area contributed by atoms with Crippen LogP contribution < -0.4 is 10.1 Å². The second-order valence-corrected chi connectivity index (χ2v) is 8.05. The first-order valence-corrected chi connectivity index (χ1v) is 10.9. The van der Waals surface area contributed by atoms with E-state index in [9.17, 15) is 18.0 Å². The van der Waals surface area contributed by atoms with E-state index in [1.165, 1.54) is 23.9 Å². The number of aryl methyl sites for hydroxylation is 2. The third-order valence-corrected chi connectivity index (χ3v) is 5.52. The maximum Gasteiger partial charge on any atom is 0.422 e. The number of nitrogens with one attached hydrogen (secondary N) is 1. The van der Waals surface area contributed by atoms with Crippen molar-refractivity contribution in [3.8, 4) is 17.1 Å². The number of aromatic nitrogens is 3. The van der Waals surface area contributed by atoms with Crippen LogP contribution in [0.15, 0.2) is 47.6 Å². The molecule has 10 heteroatoms. The normalized spacial score (nSPS) is 11.4. The molecule has 0 saturated heterocycles. The number of amides is 1. The van der Waals surface area contributed by atoms with Gasteiger partial charge in [0, 0.05) is 12.1 Å². The topological polar surface area (TPSA) is 69.0 Å². The Bertz CT molecular complexity index is 1100. The van der Waals surface area contributed by atoms with Crippen LogP contribution in [0, 0.1) is 13.8 Å². The lowest BCUT2D eigenvalue weighted by atomic mass is 10.1. The zero-order chi connectivity index (χ0) is 23.3. The van der Waals surface area contributed by atoms with Crippen molar-refractivity contribution in [1.82, 2.24) is 14.8 Å². The van der Waals surface area contributed by atoms with E-state index in [1.807, 2.05) is 42.7 Å². The van der Waals surface area contributed by atoms with Gasteiger partial charge in [-0.05, 0) is 44.0 Å². The third kappa shape index (κ3) is 6.03. The number of nitrogens with zero attached hydrogens (tertiary/aromatic N) is 3. The van der Waals surface area contributed by atoms with Gasteiger partial charge in [0.25, 0.3) is 0 Å². The summed E-state index contributed by atoms with van der Waals surface area (Å²) in [7, 11) is 0. The molecule has 3 aromatic rings. The third-order valence-electron chi connectivity index (χ3n) is 4.55. The molecule has 0 fully saturated rings. The second-order valence-electron chi connectivity index (χ2n) is 7.11. The van der Waals surface area contributed by atoms with Gasteiger partial charge in [-0.3, -0.25) is 4.79 Å². The van der Waals surface area contributed by atoms with Gasteiger partial charge in [0.1, 0.15) is 5.75 Å². The Hall–Kier alpha value is -3.01. The zero-order valence-corrected chi connectivity index (χ0v) is 18.7. The molecular weight excluding hydrogens is 441 g/mol. The van der Waals surface area contributed by atoms with Gasteiger partial charge >= 0.3 is 6.18 Å². The summed E-state index contributed by atoms with van der Waals surface area (Å²) in [4.78, 5) is 12.5. The SMILES string of the molecule is CCn1c(SCC(=O)Nc2ccc(C)cc2OCC(F)(F)F)nnc1-c1ccccc1C. The van der Waals surface area contributed by atoms with E-state index in [1.54, 1.807) is 13.0 Å². The number of thioether (sulfide) groups is 1. The lowest BCUT2D eigenvalue weighted by molar-refractivity contribution is -0.153. The highest BCUT2D eigenvalue weighted by Gasteiger charge is 2.29. The van der Waals surface area contributed by atoms with E-state index < -0.39 is 12.8 Å². The van der Waals surface area contributed by atoms with E-state index in [2.05, 4.69) is 15.5 Å². The van der Waals surface area contributed by atoms with Crippen molar-refractivity contribution in [3.05, 3.63) is 53.6 Å². The molecule has 1 amide bonds. The summed E-state index contributed by atoms with van der Waals surface area (Å²) >= 11 is 1.20. The minimum atomic E-state index is -4.47. The number of benzene rings is 2. The fraction of sp³-hybridized carbons (Fsp3) is 0.318. The molecule has 1 aromatic heterocycles. The largest absolute Gasteiger partial charge is 0.482 e. The summed E-state index contributed by atoms with van der Waals surface area (Å²) in [5.74, 6) is 0.311. The molecule has 2 aromatic carbocycles. The molecule has 0 radical (unpaired) electrons. The van der Waals surface area contributed by atoms with Gasteiger partial charge < -0.3 is 14.6 Å². The Morgan fingerprint density at radius 1 is 1.16 bits per heavy atom. The summed E-state index contributed by atoms with van der Waals surface area (Å²) in [5.41, 5.74) is 2.93. The first kappa shape index (κ1) is 23.6. The maximum atomic E-state index is 12.5. The first-order chi connectivity index (χ1) is 15.2.